The molecule has 0 aliphatic carbocycles. The number of hydrogen-bond donors (Lipinski definition) is 0. The lowest BCUT2D eigenvalue weighted by Gasteiger charge is -2.38. The average Bonchev–Trinajstić information content (AvgIpc) is 3.08. The number of rotatable bonds is 3. The maximum Gasteiger partial charge on any atom is 0.251 e. The van der Waals surface area contributed by atoms with Crippen LogP contribution in [0.25, 0.3) is 10.8 Å². The second-order valence-electron chi connectivity index (χ2n) is 7.64. The van der Waals surface area contributed by atoms with E-state index in [0.717, 1.165) is 37.0 Å². The largest absolute Gasteiger partial charge is 0.369 e. The molecule has 0 aromatic heterocycles. The van der Waals surface area contributed by atoms with Gasteiger partial charge in [-0.25, -0.2) is 4.90 Å². The van der Waals surface area contributed by atoms with Gasteiger partial charge in [0.2, 0.25) is 5.91 Å². The molecular formula is C24H23N3O2. The predicted octanol–water partition coefficient (Wildman–Crippen LogP) is 3.29. The predicted molar refractivity (Wildman–Crippen MR) is 115 cm³/mol. The zero-order valence-electron chi connectivity index (χ0n) is 16.2. The van der Waals surface area contributed by atoms with Gasteiger partial charge in [0.1, 0.15) is 0 Å². The number of amides is 2. The monoisotopic (exact) mass is 385 g/mol. The molecule has 3 aromatic carbocycles. The van der Waals surface area contributed by atoms with Crippen molar-refractivity contribution in [3.63, 3.8) is 0 Å². The number of imide groups is 1. The number of piperazine rings is 1. The van der Waals surface area contributed by atoms with E-state index in [1.165, 1.54) is 10.6 Å². The van der Waals surface area contributed by atoms with E-state index < -0.39 is 0 Å². The van der Waals surface area contributed by atoms with Gasteiger partial charge in [0.15, 0.2) is 0 Å². The maximum atomic E-state index is 13.3. The van der Waals surface area contributed by atoms with Crippen molar-refractivity contribution in [1.82, 2.24) is 4.90 Å². The van der Waals surface area contributed by atoms with Crippen molar-refractivity contribution in [3.8, 4) is 0 Å². The Labute approximate surface area is 170 Å². The third-order valence-electron chi connectivity index (χ3n) is 6.01. The van der Waals surface area contributed by atoms with E-state index in [2.05, 4.69) is 21.9 Å². The van der Waals surface area contributed by atoms with Crippen molar-refractivity contribution in [3.05, 3.63) is 72.8 Å². The molecule has 5 nitrogen and oxygen atoms in total. The number of carbonyl (C=O) groups excluding carboxylic acids is 2. The summed E-state index contributed by atoms with van der Waals surface area (Å²) in [5, 5.41) is 1.97. The van der Waals surface area contributed by atoms with Crippen molar-refractivity contribution < 1.29 is 9.59 Å². The van der Waals surface area contributed by atoms with Gasteiger partial charge in [0.05, 0.1) is 18.2 Å². The summed E-state index contributed by atoms with van der Waals surface area (Å²) >= 11 is 0. The van der Waals surface area contributed by atoms with Crippen molar-refractivity contribution in [2.24, 2.45) is 0 Å². The molecule has 3 aromatic rings. The summed E-state index contributed by atoms with van der Waals surface area (Å²) in [6, 6.07) is 23.6. The van der Waals surface area contributed by atoms with E-state index in [9.17, 15) is 9.59 Å². The van der Waals surface area contributed by atoms with E-state index in [-0.39, 0.29) is 24.3 Å². The van der Waals surface area contributed by atoms with Gasteiger partial charge in [-0.1, -0.05) is 54.6 Å². The molecule has 2 saturated heterocycles. The average molecular weight is 385 g/mol. The Balaban J connectivity index is 1.35. The van der Waals surface area contributed by atoms with Crippen LogP contribution in [0.2, 0.25) is 0 Å². The molecule has 2 amide bonds. The van der Waals surface area contributed by atoms with Crippen LogP contribution in [0.1, 0.15) is 6.42 Å². The molecule has 0 N–H and O–H groups in total. The minimum atomic E-state index is -0.362. The zero-order chi connectivity index (χ0) is 19.8. The van der Waals surface area contributed by atoms with Crippen LogP contribution in [-0.2, 0) is 9.59 Å². The summed E-state index contributed by atoms with van der Waals surface area (Å²) in [7, 11) is 0. The van der Waals surface area contributed by atoms with Gasteiger partial charge in [-0.3, -0.25) is 14.5 Å². The smallest absolute Gasteiger partial charge is 0.251 e. The molecule has 146 valence electrons. The summed E-state index contributed by atoms with van der Waals surface area (Å²) < 4.78 is 0. The Kier molecular flexibility index (Phi) is 4.52. The third-order valence-corrected chi connectivity index (χ3v) is 6.01. The fourth-order valence-corrected chi connectivity index (χ4v) is 4.49. The molecule has 2 aliphatic rings. The second kappa shape index (κ2) is 7.33. The molecule has 2 heterocycles. The maximum absolute atomic E-state index is 13.3. The molecule has 29 heavy (non-hydrogen) atoms. The van der Waals surface area contributed by atoms with E-state index in [1.54, 1.807) is 0 Å². The lowest BCUT2D eigenvalue weighted by molar-refractivity contribution is -0.123. The topological polar surface area (TPSA) is 43.9 Å². The zero-order valence-corrected chi connectivity index (χ0v) is 16.2. The van der Waals surface area contributed by atoms with E-state index in [1.807, 2.05) is 60.7 Å². The highest BCUT2D eigenvalue weighted by atomic mass is 16.2. The van der Waals surface area contributed by atoms with Gasteiger partial charge in [0.25, 0.3) is 5.91 Å². The fourth-order valence-electron chi connectivity index (χ4n) is 4.49. The van der Waals surface area contributed by atoms with Crippen LogP contribution >= 0.6 is 0 Å². The first-order valence-electron chi connectivity index (χ1n) is 10.1. The Bertz CT molecular complexity index is 1050. The van der Waals surface area contributed by atoms with Crippen molar-refractivity contribution in [2.75, 3.05) is 36.0 Å². The number of hydrogen-bond acceptors (Lipinski definition) is 4. The quantitative estimate of drug-likeness (QED) is 0.649. The number of fused-ring (bicyclic) bond motifs is 1. The van der Waals surface area contributed by atoms with Crippen molar-refractivity contribution >= 4 is 34.0 Å². The van der Waals surface area contributed by atoms with Crippen molar-refractivity contribution in [1.29, 1.82) is 0 Å². The highest BCUT2D eigenvalue weighted by Crippen LogP contribution is 2.32. The highest BCUT2D eigenvalue weighted by Gasteiger charge is 2.43. The molecule has 0 bridgehead atoms. The number of carbonyl (C=O) groups is 2. The van der Waals surface area contributed by atoms with Gasteiger partial charge < -0.3 is 4.90 Å². The van der Waals surface area contributed by atoms with Crippen LogP contribution in [-0.4, -0.2) is 48.9 Å². The molecule has 0 radical (unpaired) electrons. The van der Waals surface area contributed by atoms with Gasteiger partial charge in [0, 0.05) is 37.3 Å². The van der Waals surface area contributed by atoms with Gasteiger partial charge in [-0.05, 0) is 23.6 Å². The normalized spacial score (nSPS) is 20.6. The van der Waals surface area contributed by atoms with Crippen LogP contribution < -0.4 is 9.80 Å². The van der Waals surface area contributed by atoms with Crippen molar-refractivity contribution in [2.45, 2.75) is 12.5 Å². The van der Waals surface area contributed by atoms with E-state index in [0.29, 0.717) is 5.69 Å². The third kappa shape index (κ3) is 3.17. The Morgan fingerprint density at radius 2 is 1.41 bits per heavy atom. The number of benzene rings is 3. The summed E-state index contributed by atoms with van der Waals surface area (Å²) in [5.74, 6) is -0.207. The van der Waals surface area contributed by atoms with Gasteiger partial charge in [-0.2, -0.15) is 0 Å². The van der Waals surface area contributed by atoms with Crippen LogP contribution in [0, 0.1) is 0 Å². The first kappa shape index (κ1) is 17.9. The summed E-state index contributed by atoms with van der Waals surface area (Å²) in [6.07, 6.45) is 0.257. The molecule has 2 aliphatic heterocycles. The lowest BCUT2D eigenvalue weighted by Crippen LogP contribution is -2.52. The molecule has 0 saturated carbocycles. The standard InChI is InChI=1S/C24H23N3O2/c28-23-17-22(26-15-13-25(14-16-26)19-9-2-1-3-10-19)24(29)27(23)21-12-6-8-18-7-4-5-11-20(18)21/h1-12,22H,13-17H2/t22-/m1/s1. The molecule has 0 spiro atoms. The molecule has 5 rings (SSSR count). The molecule has 5 heteroatoms. The molecular weight excluding hydrogens is 362 g/mol. The van der Waals surface area contributed by atoms with Crippen LogP contribution in [0.4, 0.5) is 11.4 Å². The lowest BCUT2D eigenvalue weighted by atomic mass is 10.1. The number of anilines is 2. The van der Waals surface area contributed by atoms with E-state index >= 15 is 0 Å². The summed E-state index contributed by atoms with van der Waals surface area (Å²) in [6.45, 7) is 3.27. The minimum Gasteiger partial charge on any atom is -0.369 e. The first-order valence-corrected chi connectivity index (χ1v) is 10.1. The Morgan fingerprint density at radius 1 is 0.724 bits per heavy atom. The SMILES string of the molecule is O=C1C[C@@H](N2CCN(c3ccccc3)CC2)C(=O)N1c1cccc2ccccc12. The minimum absolute atomic E-state index is 0.0977. The fraction of sp³-hybridized carbons (Fsp3) is 0.250. The van der Waals surface area contributed by atoms with Gasteiger partial charge in [-0.15, -0.1) is 0 Å². The first-order chi connectivity index (χ1) is 14.2. The molecule has 2 fully saturated rings. The summed E-state index contributed by atoms with van der Waals surface area (Å²) in [4.78, 5) is 32.0. The number of nitrogens with zero attached hydrogens (tertiary/aromatic N) is 3. The molecule has 0 unspecified atom stereocenters. The molecule has 1 atom stereocenters. The Hall–Kier alpha value is -3.18. The highest BCUT2D eigenvalue weighted by molar-refractivity contribution is 6.25. The van der Waals surface area contributed by atoms with Gasteiger partial charge >= 0.3 is 0 Å². The number of para-hydroxylation sites is 1. The van der Waals surface area contributed by atoms with Crippen LogP contribution in [0.15, 0.2) is 72.8 Å². The Morgan fingerprint density at radius 3 is 2.21 bits per heavy atom. The second-order valence-corrected chi connectivity index (χ2v) is 7.64. The van der Waals surface area contributed by atoms with Crippen LogP contribution in [0.3, 0.4) is 0 Å². The summed E-state index contributed by atoms with van der Waals surface area (Å²) in [5.41, 5.74) is 1.90. The van der Waals surface area contributed by atoms with Crippen LogP contribution in [0.5, 0.6) is 0 Å². The van der Waals surface area contributed by atoms with E-state index in [4.69, 9.17) is 0 Å².